The quantitative estimate of drug-likeness (QED) is 0.782. The van der Waals surface area contributed by atoms with Gasteiger partial charge in [-0.05, 0) is 62.1 Å². The van der Waals surface area contributed by atoms with Crippen LogP contribution >= 0.6 is 15.9 Å². The molecule has 3 nitrogen and oxygen atoms in total. The lowest BCUT2D eigenvalue weighted by molar-refractivity contribution is 0.585. The van der Waals surface area contributed by atoms with Gasteiger partial charge >= 0.3 is 0 Å². The van der Waals surface area contributed by atoms with E-state index < -0.39 is 0 Å². The van der Waals surface area contributed by atoms with Gasteiger partial charge in [0.05, 0.1) is 15.9 Å². The normalized spacial score (nSPS) is 11.0. The Morgan fingerprint density at radius 2 is 2.06 bits per heavy atom. The van der Waals surface area contributed by atoms with Crippen molar-refractivity contribution >= 4 is 15.9 Å². The lowest BCUT2D eigenvalue weighted by Gasteiger charge is -2.06. The summed E-state index contributed by atoms with van der Waals surface area (Å²) < 4.78 is 3.28. The molecule has 0 bridgehead atoms. The Labute approximate surface area is 107 Å². The van der Waals surface area contributed by atoms with Crippen LogP contribution in [-0.4, -0.2) is 22.9 Å². The van der Waals surface area contributed by atoms with E-state index in [1.807, 2.05) is 0 Å². The van der Waals surface area contributed by atoms with Crippen LogP contribution in [0.25, 0.3) is 0 Å². The van der Waals surface area contributed by atoms with Gasteiger partial charge in [-0.2, -0.15) is 5.10 Å². The number of nitrogens with zero attached hydrogens (tertiary/aromatic N) is 2. The van der Waals surface area contributed by atoms with Gasteiger partial charge in [0.15, 0.2) is 0 Å². The van der Waals surface area contributed by atoms with Crippen LogP contribution in [0.2, 0.25) is 0 Å². The summed E-state index contributed by atoms with van der Waals surface area (Å²) in [7, 11) is 0. The number of aryl methyl sites for hydroxylation is 2. The highest BCUT2D eigenvalue weighted by atomic mass is 79.9. The molecule has 0 atom stereocenters. The molecule has 0 fully saturated rings. The Balaban J connectivity index is 2.46. The van der Waals surface area contributed by atoms with E-state index in [0.29, 0.717) is 0 Å². The van der Waals surface area contributed by atoms with Gasteiger partial charge in [-0.15, -0.1) is 0 Å². The Hall–Kier alpha value is -0.350. The molecule has 92 valence electrons. The van der Waals surface area contributed by atoms with Crippen molar-refractivity contribution in [2.75, 3.05) is 13.1 Å². The van der Waals surface area contributed by atoms with Crippen molar-refractivity contribution < 1.29 is 0 Å². The molecule has 1 aromatic rings. The maximum Gasteiger partial charge on any atom is 0.0738 e. The fourth-order valence-electron chi connectivity index (χ4n) is 1.79. The minimum Gasteiger partial charge on any atom is -0.317 e. The summed E-state index contributed by atoms with van der Waals surface area (Å²) >= 11 is 3.62. The summed E-state index contributed by atoms with van der Waals surface area (Å²) in [5.74, 6) is 0. The first-order valence-electron chi connectivity index (χ1n) is 6.13. The third-order valence-corrected chi connectivity index (χ3v) is 3.68. The second kappa shape index (κ2) is 7.07. The van der Waals surface area contributed by atoms with Crippen LogP contribution in [0, 0.1) is 6.92 Å². The molecule has 0 saturated heterocycles. The lowest BCUT2D eigenvalue weighted by atomic mass is 10.2. The molecular weight excluding hydrogens is 266 g/mol. The van der Waals surface area contributed by atoms with Gasteiger partial charge in [-0.3, -0.25) is 4.68 Å². The molecule has 1 rings (SSSR count). The summed E-state index contributed by atoms with van der Waals surface area (Å²) in [5.41, 5.74) is 2.43. The summed E-state index contributed by atoms with van der Waals surface area (Å²) in [4.78, 5) is 0. The highest BCUT2D eigenvalue weighted by Crippen LogP contribution is 2.22. The number of aromatic nitrogens is 2. The van der Waals surface area contributed by atoms with E-state index in [1.165, 1.54) is 23.0 Å². The Kier molecular flexibility index (Phi) is 6.06. The van der Waals surface area contributed by atoms with Gasteiger partial charge in [0.25, 0.3) is 0 Å². The molecule has 0 aromatic carbocycles. The topological polar surface area (TPSA) is 29.9 Å². The zero-order valence-corrected chi connectivity index (χ0v) is 12.1. The lowest BCUT2D eigenvalue weighted by Crippen LogP contribution is -2.17. The van der Waals surface area contributed by atoms with Crippen LogP contribution < -0.4 is 5.32 Å². The van der Waals surface area contributed by atoms with E-state index in [-0.39, 0.29) is 0 Å². The van der Waals surface area contributed by atoms with Gasteiger partial charge in [-0.25, -0.2) is 0 Å². The first kappa shape index (κ1) is 13.7. The summed E-state index contributed by atoms with van der Waals surface area (Å²) in [6, 6.07) is 0. The van der Waals surface area contributed by atoms with Crippen LogP contribution in [0.15, 0.2) is 4.47 Å². The first-order valence-corrected chi connectivity index (χ1v) is 6.92. The van der Waals surface area contributed by atoms with Crippen molar-refractivity contribution in [3.05, 3.63) is 15.9 Å². The second-order valence-electron chi connectivity index (χ2n) is 4.02. The third kappa shape index (κ3) is 3.59. The van der Waals surface area contributed by atoms with Crippen LogP contribution in [0.1, 0.15) is 38.1 Å². The van der Waals surface area contributed by atoms with Crippen molar-refractivity contribution in [3.63, 3.8) is 0 Å². The predicted octanol–water partition coefficient (Wildman–Crippen LogP) is 2.91. The van der Waals surface area contributed by atoms with Crippen molar-refractivity contribution in [1.82, 2.24) is 15.1 Å². The van der Waals surface area contributed by atoms with Crippen LogP contribution in [0.3, 0.4) is 0 Å². The van der Waals surface area contributed by atoms with E-state index in [2.05, 4.69) is 51.8 Å². The van der Waals surface area contributed by atoms with Crippen molar-refractivity contribution in [1.29, 1.82) is 0 Å². The number of nitrogens with one attached hydrogen (secondary N) is 1. The molecule has 1 aromatic heterocycles. The highest BCUT2D eigenvalue weighted by Gasteiger charge is 2.10. The van der Waals surface area contributed by atoms with E-state index >= 15 is 0 Å². The Morgan fingerprint density at radius 1 is 1.31 bits per heavy atom. The summed E-state index contributed by atoms with van der Waals surface area (Å²) in [6.45, 7) is 9.54. The molecular formula is C12H22BrN3. The minimum absolute atomic E-state index is 0.949. The number of halogens is 1. The monoisotopic (exact) mass is 287 g/mol. The standard InChI is InChI=1S/C12H22BrN3/c1-4-8-14-9-6-7-11-12(13)10(3)15-16(11)5-2/h14H,4-9H2,1-3H3. The van der Waals surface area contributed by atoms with Crippen LogP contribution in [-0.2, 0) is 13.0 Å². The van der Waals surface area contributed by atoms with Gasteiger partial charge in [0.1, 0.15) is 0 Å². The zero-order chi connectivity index (χ0) is 12.0. The predicted molar refractivity (Wildman–Crippen MR) is 71.8 cm³/mol. The van der Waals surface area contributed by atoms with Crippen LogP contribution in [0.4, 0.5) is 0 Å². The van der Waals surface area contributed by atoms with E-state index in [4.69, 9.17) is 0 Å². The Bertz CT molecular complexity index is 320. The van der Waals surface area contributed by atoms with Crippen molar-refractivity contribution in [3.8, 4) is 0 Å². The number of hydrogen-bond donors (Lipinski definition) is 1. The largest absolute Gasteiger partial charge is 0.317 e. The van der Waals surface area contributed by atoms with Gasteiger partial charge in [0, 0.05) is 6.54 Å². The molecule has 0 aliphatic carbocycles. The van der Waals surface area contributed by atoms with E-state index in [0.717, 1.165) is 31.7 Å². The second-order valence-corrected chi connectivity index (χ2v) is 4.81. The molecule has 4 heteroatoms. The average Bonchev–Trinajstić information content (AvgIpc) is 2.56. The smallest absolute Gasteiger partial charge is 0.0738 e. The molecule has 1 heterocycles. The number of hydrogen-bond acceptors (Lipinski definition) is 2. The Morgan fingerprint density at radius 3 is 2.69 bits per heavy atom. The van der Waals surface area contributed by atoms with Crippen molar-refractivity contribution in [2.24, 2.45) is 0 Å². The van der Waals surface area contributed by atoms with Crippen molar-refractivity contribution in [2.45, 2.75) is 46.6 Å². The zero-order valence-electron chi connectivity index (χ0n) is 10.5. The molecule has 0 aliphatic rings. The fraction of sp³-hybridized carbons (Fsp3) is 0.750. The van der Waals surface area contributed by atoms with Gasteiger partial charge in [-0.1, -0.05) is 6.92 Å². The third-order valence-electron chi connectivity index (χ3n) is 2.65. The molecule has 0 unspecified atom stereocenters. The summed E-state index contributed by atoms with van der Waals surface area (Å²) in [6.07, 6.45) is 3.46. The van der Waals surface area contributed by atoms with E-state index in [9.17, 15) is 0 Å². The van der Waals surface area contributed by atoms with Gasteiger partial charge < -0.3 is 5.32 Å². The van der Waals surface area contributed by atoms with E-state index in [1.54, 1.807) is 0 Å². The highest BCUT2D eigenvalue weighted by molar-refractivity contribution is 9.10. The molecule has 0 amide bonds. The molecule has 0 spiro atoms. The van der Waals surface area contributed by atoms with Gasteiger partial charge in [0.2, 0.25) is 0 Å². The average molecular weight is 288 g/mol. The summed E-state index contributed by atoms with van der Waals surface area (Å²) in [5, 5.41) is 7.92. The molecule has 0 radical (unpaired) electrons. The number of rotatable bonds is 7. The molecule has 1 N–H and O–H groups in total. The molecule has 16 heavy (non-hydrogen) atoms. The first-order chi connectivity index (χ1) is 7.70. The van der Waals surface area contributed by atoms with Crippen LogP contribution in [0.5, 0.6) is 0 Å². The maximum absolute atomic E-state index is 4.49. The fourth-order valence-corrected chi connectivity index (χ4v) is 2.27. The SMILES string of the molecule is CCCNCCCc1c(Br)c(C)nn1CC. The molecule has 0 saturated carbocycles. The maximum atomic E-state index is 4.49. The minimum atomic E-state index is 0.949. The molecule has 0 aliphatic heterocycles.